The van der Waals surface area contributed by atoms with Gasteiger partial charge in [-0.15, -0.1) is 0 Å². The number of fused-ring (bicyclic) bond motifs is 1. The molecule has 0 saturated heterocycles. The summed E-state index contributed by atoms with van der Waals surface area (Å²) >= 11 is 0. The molecule has 25 heavy (non-hydrogen) atoms. The topological polar surface area (TPSA) is 60.4 Å². The number of alkyl halides is 2. The van der Waals surface area contributed by atoms with E-state index < -0.39 is 5.92 Å². The summed E-state index contributed by atoms with van der Waals surface area (Å²) in [5.74, 6) is -2.32. The van der Waals surface area contributed by atoms with Crippen molar-refractivity contribution in [3.63, 3.8) is 0 Å². The molecule has 0 bridgehead atoms. The van der Waals surface area contributed by atoms with Gasteiger partial charge >= 0.3 is 0 Å². The van der Waals surface area contributed by atoms with E-state index in [-0.39, 0.29) is 24.5 Å². The van der Waals surface area contributed by atoms with Crippen LogP contribution in [0.15, 0.2) is 36.5 Å². The van der Waals surface area contributed by atoms with Crippen LogP contribution < -0.4 is 5.73 Å². The molecule has 4 rings (SSSR count). The van der Waals surface area contributed by atoms with E-state index in [4.69, 9.17) is 5.73 Å². The van der Waals surface area contributed by atoms with Gasteiger partial charge in [0.1, 0.15) is 17.2 Å². The molecule has 0 atom stereocenters. The Morgan fingerprint density at radius 3 is 2.52 bits per heavy atom. The molecule has 0 radical (unpaired) electrons. The second kappa shape index (κ2) is 6.23. The van der Waals surface area contributed by atoms with Crippen LogP contribution in [0.25, 0.3) is 16.8 Å². The highest BCUT2D eigenvalue weighted by Crippen LogP contribution is 2.40. The molecule has 1 saturated carbocycles. The van der Waals surface area contributed by atoms with Crippen LogP contribution in [0.2, 0.25) is 0 Å². The highest BCUT2D eigenvalue weighted by atomic mass is 19.3. The molecule has 2 heterocycles. The van der Waals surface area contributed by atoms with Gasteiger partial charge in [-0.1, -0.05) is 12.1 Å². The van der Waals surface area contributed by atoms with Crippen LogP contribution in [0.5, 0.6) is 0 Å². The molecule has 0 aliphatic heterocycles. The van der Waals surface area contributed by atoms with E-state index in [9.17, 15) is 18.0 Å². The molecule has 1 aromatic carbocycles. The van der Waals surface area contributed by atoms with Crippen molar-refractivity contribution in [1.29, 1.82) is 0 Å². The lowest BCUT2D eigenvalue weighted by molar-refractivity contribution is 0.111. The van der Waals surface area contributed by atoms with Crippen molar-refractivity contribution < 1.29 is 18.0 Å². The molecular formula is C18H16F3N3O. The Labute approximate surface area is 142 Å². The Kier molecular flexibility index (Phi) is 4.24. The van der Waals surface area contributed by atoms with Crippen molar-refractivity contribution in [2.45, 2.75) is 25.7 Å². The molecular weight excluding hydrogens is 331 g/mol. The van der Waals surface area contributed by atoms with Crippen LogP contribution in [-0.2, 0) is 0 Å². The van der Waals surface area contributed by atoms with E-state index in [1.807, 2.05) is 12.1 Å². The lowest BCUT2D eigenvalue weighted by atomic mass is 10.0. The average Bonchev–Trinajstić information content (AvgIpc) is 3.17. The van der Waals surface area contributed by atoms with Gasteiger partial charge in [0, 0.05) is 19.0 Å². The Balaban J connectivity index is 0.000000314. The van der Waals surface area contributed by atoms with Crippen LogP contribution in [-0.4, -0.2) is 21.6 Å². The third-order valence-corrected chi connectivity index (χ3v) is 4.00. The first-order valence-electron chi connectivity index (χ1n) is 7.68. The summed E-state index contributed by atoms with van der Waals surface area (Å²) < 4.78 is 37.5. The minimum Gasteiger partial charge on any atom is -0.382 e. The zero-order chi connectivity index (χ0) is 18.2. The number of imidazole rings is 1. The molecule has 3 aromatic rings. The number of anilines is 1. The van der Waals surface area contributed by atoms with Gasteiger partial charge in [0.15, 0.2) is 12.1 Å². The number of aldehydes is 1. The van der Waals surface area contributed by atoms with Gasteiger partial charge in [0.25, 0.3) is 0 Å². The monoisotopic (exact) mass is 347 g/mol. The van der Waals surface area contributed by atoms with Gasteiger partial charge in [-0.25, -0.2) is 18.2 Å². The molecule has 1 aliphatic rings. The molecule has 0 unspecified atom stereocenters. The van der Waals surface area contributed by atoms with E-state index in [0.717, 1.165) is 11.1 Å². The van der Waals surface area contributed by atoms with Crippen molar-refractivity contribution in [3.05, 3.63) is 53.6 Å². The Bertz CT molecular complexity index is 944. The fourth-order valence-corrected chi connectivity index (χ4v) is 2.37. The lowest BCUT2D eigenvalue weighted by Crippen LogP contribution is -1.96. The fourth-order valence-electron chi connectivity index (χ4n) is 2.37. The van der Waals surface area contributed by atoms with Gasteiger partial charge in [-0.3, -0.25) is 9.20 Å². The van der Waals surface area contributed by atoms with Crippen LogP contribution >= 0.6 is 0 Å². The lowest BCUT2D eigenvalue weighted by Gasteiger charge is -2.07. The molecule has 2 N–H and O–H groups in total. The number of nitrogens with two attached hydrogens (primary N) is 1. The highest BCUT2D eigenvalue weighted by Gasteiger charge is 2.43. The number of aromatic nitrogens is 2. The standard InChI is InChI=1S/C15H12FN3O.C3H4F2/c1-9-11(3-2-4-12(9)16)10-5-6-14-18-15(17)13(8-20)19(14)7-10;4-3(5)1-2-3/h2-8H,17H2,1H3;1-2H2. The molecule has 0 amide bonds. The second-order valence-corrected chi connectivity index (χ2v) is 5.91. The fraction of sp³-hybridized carbons (Fsp3) is 0.222. The predicted octanol–water partition coefficient (Wildman–Crippen LogP) is 4.26. The van der Waals surface area contributed by atoms with E-state index in [2.05, 4.69) is 4.98 Å². The Morgan fingerprint density at radius 2 is 1.92 bits per heavy atom. The number of carbonyl (C=O) groups is 1. The first-order chi connectivity index (χ1) is 11.8. The number of nitrogens with zero attached hydrogens (tertiary/aromatic N) is 2. The predicted molar refractivity (Wildman–Crippen MR) is 89.3 cm³/mol. The first-order valence-corrected chi connectivity index (χ1v) is 7.68. The number of benzene rings is 1. The van der Waals surface area contributed by atoms with Crippen molar-refractivity contribution in [3.8, 4) is 11.1 Å². The molecule has 7 heteroatoms. The summed E-state index contributed by atoms with van der Waals surface area (Å²) in [6, 6.07) is 8.50. The van der Waals surface area contributed by atoms with Crippen LogP contribution in [0.3, 0.4) is 0 Å². The number of rotatable bonds is 2. The zero-order valence-corrected chi connectivity index (χ0v) is 13.5. The van der Waals surface area contributed by atoms with Gasteiger partial charge < -0.3 is 5.73 Å². The number of halogens is 3. The van der Waals surface area contributed by atoms with Gasteiger partial charge in [-0.2, -0.15) is 0 Å². The minimum absolute atomic E-state index is 0.118. The molecule has 4 nitrogen and oxygen atoms in total. The second-order valence-electron chi connectivity index (χ2n) is 5.91. The van der Waals surface area contributed by atoms with Crippen LogP contribution in [0, 0.1) is 12.7 Å². The van der Waals surface area contributed by atoms with E-state index in [0.29, 0.717) is 23.2 Å². The molecule has 1 fully saturated rings. The summed E-state index contributed by atoms with van der Waals surface area (Å²) in [5, 5.41) is 0. The Morgan fingerprint density at radius 1 is 1.24 bits per heavy atom. The number of hydrogen-bond acceptors (Lipinski definition) is 3. The molecule has 1 aliphatic carbocycles. The number of nitrogen functional groups attached to an aromatic ring is 1. The smallest absolute Gasteiger partial charge is 0.248 e. The normalized spacial score (nSPS) is 14.7. The maximum Gasteiger partial charge on any atom is 0.248 e. The summed E-state index contributed by atoms with van der Waals surface area (Å²) in [5.41, 5.74) is 8.71. The third kappa shape index (κ3) is 3.50. The minimum atomic E-state index is -2.25. The van der Waals surface area contributed by atoms with Gasteiger partial charge in [-0.05, 0) is 41.8 Å². The molecule has 130 valence electrons. The number of carbonyl (C=O) groups excluding carboxylic acids is 1. The number of hydrogen-bond donors (Lipinski definition) is 1. The first kappa shape index (κ1) is 17.0. The average molecular weight is 347 g/mol. The van der Waals surface area contributed by atoms with Crippen molar-refractivity contribution in [1.82, 2.24) is 9.38 Å². The van der Waals surface area contributed by atoms with Crippen LogP contribution in [0.4, 0.5) is 19.0 Å². The van der Waals surface area contributed by atoms with Crippen molar-refractivity contribution in [2.24, 2.45) is 0 Å². The van der Waals surface area contributed by atoms with Gasteiger partial charge in [0.05, 0.1) is 0 Å². The maximum atomic E-state index is 13.6. The number of pyridine rings is 1. The maximum absolute atomic E-state index is 13.6. The Hall–Kier alpha value is -2.83. The van der Waals surface area contributed by atoms with E-state index in [1.54, 1.807) is 29.7 Å². The van der Waals surface area contributed by atoms with Crippen molar-refractivity contribution in [2.75, 3.05) is 5.73 Å². The van der Waals surface area contributed by atoms with Gasteiger partial charge in [0.2, 0.25) is 5.92 Å². The largest absolute Gasteiger partial charge is 0.382 e. The highest BCUT2D eigenvalue weighted by molar-refractivity contribution is 5.82. The third-order valence-electron chi connectivity index (χ3n) is 4.00. The summed E-state index contributed by atoms with van der Waals surface area (Å²) in [6.07, 6.45) is 2.64. The summed E-state index contributed by atoms with van der Waals surface area (Å²) in [6.45, 7) is 1.72. The summed E-state index contributed by atoms with van der Waals surface area (Å²) in [4.78, 5) is 15.2. The molecule has 0 spiro atoms. The van der Waals surface area contributed by atoms with Crippen LogP contribution in [0.1, 0.15) is 28.9 Å². The van der Waals surface area contributed by atoms with E-state index >= 15 is 0 Å². The molecule has 2 aromatic heterocycles. The quantitative estimate of drug-likeness (QED) is 0.705. The zero-order valence-electron chi connectivity index (χ0n) is 13.5. The van der Waals surface area contributed by atoms with E-state index in [1.165, 1.54) is 6.07 Å². The van der Waals surface area contributed by atoms with Crippen molar-refractivity contribution >= 4 is 17.8 Å². The summed E-state index contributed by atoms with van der Waals surface area (Å²) in [7, 11) is 0. The SMILES string of the molecule is Cc1c(F)cccc1-c1ccc2nc(N)c(C=O)n2c1.FC1(F)CC1.